The monoisotopic (exact) mass is 562 g/mol. The number of anilines is 2. The van der Waals surface area contributed by atoms with Crippen LogP contribution in [0.15, 0.2) is 48.5 Å². The zero-order valence-corrected chi connectivity index (χ0v) is 25.6. The maximum atomic E-state index is 13.5. The van der Waals surface area contributed by atoms with Gasteiger partial charge in [-0.1, -0.05) is 58.0 Å². The molecular formula is C34H50N4O3. The highest BCUT2D eigenvalue weighted by molar-refractivity contribution is 6.02. The second-order valence-corrected chi connectivity index (χ2v) is 13.2. The average molecular weight is 563 g/mol. The highest BCUT2D eigenvalue weighted by atomic mass is 16.5. The lowest BCUT2D eigenvalue weighted by Crippen LogP contribution is -2.41. The van der Waals surface area contributed by atoms with Gasteiger partial charge in [-0.15, -0.1) is 0 Å². The quantitative estimate of drug-likeness (QED) is 0.373. The van der Waals surface area contributed by atoms with Gasteiger partial charge in [0.2, 0.25) is 5.91 Å². The Kier molecular flexibility index (Phi) is 11.2. The van der Waals surface area contributed by atoms with E-state index in [1.807, 2.05) is 18.2 Å². The minimum Gasteiger partial charge on any atom is -0.379 e. The van der Waals surface area contributed by atoms with Crippen LogP contribution >= 0.6 is 0 Å². The number of amides is 2. The van der Waals surface area contributed by atoms with Crippen molar-refractivity contribution in [1.29, 1.82) is 0 Å². The predicted molar refractivity (Wildman–Crippen MR) is 168 cm³/mol. The summed E-state index contributed by atoms with van der Waals surface area (Å²) in [6, 6.07) is 16.5. The summed E-state index contributed by atoms with van der Waals surface area (Å²) < 4.78 is 5.44. The molecule has 0 radical (unpaired) electrons. The van der Waals surface area contributed by atoms with Crippen molar-refractivity contribution in [1.82, 2.24) is 10.2 Å². The van der Waals surface area contributed by atoms with Crippen LogP contribution in [0.1, 0.15) is 69.3 Å². The van der Waals surface area contributed by atoms with Crippen LogP contribution in [0.2, 0.25) is 0 Å². The van der Waals surface area contributed by atoms with Gasteiger partial charge in [0.25, 0.3) is 5.91 Å². The smallest absolute Gasteiger partial charge is 0.253 e. The molecule has 0 aromatic heterocycles. The van der Waals surface area contributed by atoms with Gasteiger partial charge < -0.3 is 20.3 Å². The van der Waals surface area contributed by atoms with Crippen LogP contribution in [0, 0.1) is 17.3 Å². The predicted octanol–water partition coefficient (Wildman–Crippen LogP) is 5.61. The van der Waals surface area contributed by atoms with E-state index in [2.05, 4.69) is 78.5 Å². The fourth-order valence-electron chi connectivity index (χ4n) is 6.29. The van der Waals surface area contributed by atoms with Crippen LogP contribution in [-0.2, 0) is 16.0 Å². The Balaban J connectivity index is 1.42. The molecule has 0 bridgehead atoms. The molecule has 2 aromatic carbocycles. The molecule has 2 fully saturated rings. The summed E-state index contributed by atoms with van der Waals surface area (Å²) in [4.78, 5) is 31.1. The number of morpholine rings is 1. The van der Waals surface area contributed by atoms with Gasteiger partial charge in [-0.2, -0.15) is 0 Å². The molecule has 7 heteroatoms. The van der Waals surface area contributed by atoms with Crippen molar-refractivity contribution >= 4 is 23.2 Å². The highest BCUT2D eigenvalue weighted by Gasteiger charge is 2.24. The lowest BCUT2D eigenvalue weighted by atomic mass is 9.84. The van der Waals surface area contributed by atoms with E-state index >= 15 is 0 Å². The largest absolute Gasteiger partial charge is 0.379 e. The van der Waals surface area contributed by atoms with Crippen molar-refractivity contribution in [2.75, 3.05) is 62.7 Å². The maximum absolute atomic E-state index is 13.5. The molecule has 2 amide bonds. The molecule has 2 N–H and O–H groups in total. The second kappa shape index (κ2) is 14.8. The zero-order chi connectivity index (χ0) is 29.2. The van der Waals surface area contributed by atoms with Crippen LogP contribution in [0.5, 0.6) is 0 Å². The topological polar surface area (TPSA) is 73.9 Å². The summed E-state index contributed by atoms with van der Waals surface area (Å²) >= 11 is 0. The third kappa shape index (κ3) is 10.2. The van der Waals surface area contributed by atoms with E-state index < -0.39 is 0 Å². The summed E-state index contributed by atoms with van der Waals surface area (Å²) in [6.07, 6.45) is 4.74. The maximum Gasteiger partial charge on any atom is 0.253 e. The standard InChI is InChI=1S/C34H50N4O3/c1-26(25-34(2,3)4)22-32(39)36-29-10-11-31(30(24-29)33(40)35-14-17-37-18-20-41-21-19-37)38-15-12-28(13-16-38)23-27-8-6-5-7-9-27/h5-11,24,26,28H,12-23,25H2,1-4H3,(H,35,40)(H,36,39). The molecule has 41 heavy (non-hydrogen) atoms. The van der Waals surface area contributed by atoms with Gasteiger partial charge in [0.1, 0.15) is 0 Å². The number of carbonyl (C=O) groups is 2. The molecule has 2 aliphatic rings. The van der Waals surface area contributed by atoms with Crippen molar-refractivity contribution in [3.63, 3.8) is 0 Å². The Morgan fingerprint density at radius 3 is 2.39 bits per heavy atom. The average Bonchev–Trinajstić information content (AvgIpc) is 2.93. The molecule has 0 saturated carbocycles. The van der Waals surface area contributed by atoms with Crippen LogP contribution in [-0.4, -0.2) is 69.2 Å². The number of nitrogens with zero attached hydrogens (tertiary/aromatic N) is 2. The molecule has 1 unspecified atom stereocenters. The first-order valence-electron chi connectivity index (χ1n) is 15.5. The summed E-state index contributed by atoms with van der Waals surface area (Å²) in [6.45, 7) is 15.2. The zero-order valence-electron chi connectivity index (χ0n) is 25.6. The van der Waals surface area contributed by atoms with Gasteiger partial charge in [-0.3, -0.25) is 14.5 Å². The SMILES string of the molecule is CC(CC(=O)Nc1ccc(N2CCC(Cc3ccccc3)CC2)c(C(=O)NCCN2CCOCC2)c1)CC(C)(C)C. The van der Waals surface area contributed by atoms with Crippen LogP contribution in [0.4, 0.5) is 11.4 Å². The van der Waals surface area contributed by atoms with Crippen LogP contribution < -0.4 is 15.5 Å². The minimum atomic E-state index is -0.0862. The van der Waals surface area contributed by atoms with E-state index in [0.29, 0.717) is 30.1 Å². The number of benzene rings is 2. The first-order chi connectivity index (χ1) is 19.7. The second-order valence-electron chi connectivity index (χ2n) is 13.2. The molecule has 2 aromatic rings. The normalized spacial score (nSPS) is 17.7. The van der Waals surface area contributed by atoms with E-state index in [1.165, 1.54) is 5.56 Å². The Hall–Kier alpha value is -2.90. The Morgan fingerprint density at radius 1 is 1.00 bits per heavy atom. The van der Waals surface area contributed by atoms with Gasteiger partial charge in [-0.05, 0) is 66.7 Å². The fourth-order valence-corrected chi connectivity index (χ4v) is 6.29. The van der Waals surface area contributed by atoms with Gasteiger partial charge in [0.15, 0.2) is 0 Å². The van der Waals surface area contributed by atoms with E-state index in [1.54, 1.807) is 0 Å². The summed E-state index contributed by atoms with van der Waals surface area (Å²) in [5.41, 5.74) is 3.84. The summed E-state index contributed by atoms with van der Waals surface area (Å²) in [5.74, 6) is 0.842. The first kappa shape index (κ1) is 31.0. The van der Waals surface area contributed by atoms with Crippen molar-refractivity contribution in [2.45, 2.75) is 59.8 Å². The Labute approximate surface area is 247 Å². The number of carbonyl (C=O) groups excluding carboxylic acids is 2. The van der Waals surface area contributed by atoms with Crippen LogP contribution in [0.25, 0.3) is 0 Å². The lowest BCUT2D eigenvalue weighted by molar-refractivity contribution is -0.117. The molecular weight excluding hydrogens is 512 g/mol. The Bertz CT molecular complexity index is 1120. The van der Waals surface area contributed by atoms with Gasteiger partial charge in [0, 0.05) is 57.1 Å². The van der Waals surface area contributed by atoms with E-state index in [4.69, 9.17) is 4.74 Å². The van der Waals surface area contributed by atoms with Crippen molar-refractivity contribution < 1.29 is 14.3 Å². The number of nitrogens with one attached hydrogen (secondary N) is 2. The van der Waals surface area contributed by atoms with Crippen molar-refractivity contribution in [3.8, 4) is 0 Å². The van der Waals surface area contributed by atoms with E-state index in [9.17, 15) is 9.59 Å². The van der Waals surface area contributed by atoms with E-state index in [0.717, 1.165) is 77.3 Å². The molecule has 1 atom stereocenters. The first-order valence-corrected chi connectivity index (χ1v) is 15.5. The number of piperidine rings is 1. The molecule has 224 valence electrons. The molecule has 2 heterocycles. The molecule has 0 aliphatic carbocycles. The summed E-state index contributed by atoms with van der Waals surface area (Å²) in [5, 5.41) is 6.21. The molecule has 0 spiro atoms. The van der Waals surface area contributed by atoms with Gasteiger partial charge >= 0.3 is 0 Å². The van der Waals surface area contributed by atoms with Crippen molar-refractivity contribution in [3.05, 3.63) is 59.7 Å². The highest BCUT2D eigenvalue weighted by Crippen LogP contribution is 2.31. The van der Waals surface area contributed by atoms with Crippen molar-refractivity contribution in [2.24, 2.45) is 17.3 Å². The van der Waals surface area contributed by atoms with Gasteiger partial charge in [-0.25, -0.2) is 0 Å². The number of ether oxygens (including phenoxy) is 1. The number of hydrogen-bond donors (Lipinski definition) is 2. The van der Waals surface area contributed by atoms with E-state index in [-0.39, 0.29) is 23.1 Å². The Morgan fingerprint density at radius 2 is 1.71 bits per heavy atom. The summed E-state index contributed by atoms with van der Waals surface area (Å²) in [7, 11) is 0. The molecule has 2 aliphatic heterocycles. The third-order valence-electron chi connectivity index (χ3n) is 8.16. The number of rotatable bonds is 11. The van der Waals surface area contributed by atoms with Gasteiger partial charge in [0.05, 0.1) is 18.8 Å². The molecule has 7 nitrogen and oxygen atoms in total. The van der Waals surface area contributed by atoms with Crippen LogP contribution in [0.3, 0.4) is 0 Å². The third-order valence-corrected chi connectivity index (χ3v) is 8.16. The fraction of sp³-hybridized carbons (Fsp3) is 0.588. The molecule has 2 saturated heterocycles. The number of hydrogen-bond acceptors (Lipinski definition) is 5. The minimum absolute atomic E-state index is 0.00472. The lowest BCUT2D eigenvalue weighted by Gasteiger charge is -2.35. The molecule has 4 rings (SSSR count).